The summed E-state index contributed by atoms with van der Waals surface area (Å²) in [5.41, 5.74) is 0. The average molecular weight is 280 g/mol. The van der Waals surface area contributed by atoms with Crippen molar-refractivity contribution in [3.63, 3.8) is 0 Å². The minimum absolute atomic E-state index is 0.306. The molecule has 2 heterocycles. The van der Waals surface area contributed by atoms with Crippen LogP contribution in [-0.4, -0.2) is 41.9 Å². The smallest absolute Gasteiger partial charge is 0.236 e. The quantitative estimate of drug-likeness (QED) is 0.828. The van der Waals surface area contributed by atoms with Gasteiger partial charge in [0.1, 0.15) is 0 Å². The van der Waals surface area contributed by atoms with Crippen molar-refractivity contribution in [1.29, 1.82) is 0 Å². The van der Waals surface area contributed by atoms with Gasteiger partial charge in [0.2, 0.25) is 5.91 Å². The Balaban J connectivity index is 1.84. The molecule has 106 valence electrons. The van der Waals surface area contributed by atoms with Gasteiger partial charge in [0.15, 0.2) is 0 Å². The molecule has 1 aromatic rings. The fourth-order valence-electron chi connectivity index (χ4n) is 2.51. The molecular weight excluding hydrogens is 256 g/mol. The second-order valence-corrected chi connectivity index (χ2v) is 6.21. The number of likely N-dealkylation sites (N-methyl/N-ethyl adjacent to an activating group) is 1. The van der Waals surface area contributed by atoms with Crippen LogP contribution in [0.1, 0.15) is 37.5 Å². The highest BCUT2D eigenvalue weighted by atomic mass is 32.1. The van der Waals surface area contributed by atoms with Crippen molar-refractivity contribution in [2.24, 2.45) is 0 Å². The van der Waals surface area contributed by atoms with Crippen molar-refractivity contribution in [1.82, 2.24) is 9.80 Å². The van der Waals surface area contributed by atoms with Crippen molar-refractivity contribution in [3.8, 4) is 0 Å². The predicted molar refractivity (Wildman–Crippen MR) is 80.3 cm³/mol. The highest BCUT2D eigenvalue weighted by Crippen LogP contribution is 2.13. The number of amides is 1. The van der Waals surface area contributed by atoms with E-state index in [4.69, 9.17) is 0 Å². The number of thiophene rings is 1. The Kier molecular flexibility index (Phi) is 5.86. The van der Waals surface area contributed by atoms with E-state index in [-0.39, 0.29) is 0 Å². The van der Waals surface area contributed by atoms with E-state index in [0.29, 0.717) is 12.5 Å². The highest BCUT2D eigenvalue weighted by Gasteiger charge is 2.18. The van der Waals surface area contributed by atoms with Gasteiger partial charge >= 0.3 is 0 Å². The van der Waals surface area contributed by atoms with Gasteiger partial charge in [-0.3, -0.25) is 9.69 Å². The summed E-state index contributed by atoms with van der Waals surface area (Å²) in [5.74, 6) is 0.306. The lowest BCUT2D eigenvalue weighted by Crippen LogP contribution is -2.40. The van der Waals surface area contributed by atoms with Crippen LogP contribution in [0.3, 0.4) is 0 Å². The van der Waals surface area contributed by atoms with Gasteiger partial charge in [-0.1, -0.05) is 25.8 Å². The third kappa shape index (κ3) is 4.62. The molecule has 1 fully saturated rings. The van der Waals surface area contributed by atoms with Gasteiger partial charge in [0, 0.05) is 24.5 Å². The van der Waals surface area contributed by atoms with E-state index >= 15 is 0 Å². The van der Waals surface area contributed by atoms with Crippen LogP contribution in [0.4, 0.5) is 0 Å². The Morgan fingerprint density at radius 2 is 2.05 bits per heavy atom. The summed E-state index contributed by atoms with van der Waals surface area (Å²) in [4.78, 5) is 18.0. The first kappa shape index (κ1) is 14.5. The van der Waals surface area contributed by atoms with Gasteiger partial charge < -0.3 is 4.90 Å². The number of likely N-dealkylation sites (tertiary alicyclic amines) is 1. The Bertz CT molecular complexity index is 370. The molecule has 0 spiro atoms. The monoisotopic (exact) mass is 280 g/mol. The van der Waals surface area contributed by atoms with Crippen molar-refractivity contribution in [3.05, 3.63) is 22.4 Å². The molecule has 1 aliphatic rings. The zero-order chi connectivity index (χ0) is 13.5. The van der Waals surface area contributed by atoms with E-state index < -0.39 is 0 Å². The van der Waals surface area contributed by atoms with Gasteiger partial charge in [-0.25, -0.2) is 0 Å². The molecule has 0 aliphatic carbocycles. The van der Waals surface area contributed by atoms with Crippen LogP contribution in [0, 0.1) is 0 Å². The summed E-state index contributed by atoms with van der Waals surface area (Å²) in [7, 11) is 0. The van der Waals surface area contributed by atoms with Crippen LogP contribution in [0.2, 0.25) is 0 Å². The first-order chi connectivity index (χ1) is 9.29. The lowest BCUT2D eigenvalue weighted by Gasteiger charge is -2.25. The molecule has 2 rings (SSSR count). The third-order valence-corrected chi connectivity index (χ3v) is 4.59. The van der Waals surface area contributed by atoms with E-state index in [2.05, 4.69) is 34.2 Å². The van der Waals surface area contributed by atoms with Crippen LogP contribution >= 0.6 is 11.3 Å². The summed E-state index contributed by atoms with van der Waals surface area (Å²) in [6.45, 7) is 6.42. The molecule has 3 nitrogen and oxygen atoms in total. The summed E-state index contributed by atoms with van der Waals surface area (Å²) in [6, 6.07) is 4.22. The maximum absolute atomic E-state index is 12.3. The summed E-state index contributed by atoms with van der Waals surface area (Å²) < 4.78 is 0. The molecular formula is C15H24N2OS. The van der Waals surface area contributed by atoms with Crippen LogP contribution in [0.25, 0.3) is 0 Å². The number of carbonyl (C=O) groups excluding carboxylic acids is 1. The van der Waals surface area contributed by atoms with Crippen LogP contribution in [-0.2, 0) is 11.3 Å². The van der Waals surface area contributed by atoms with Crippen molar-refractivity contribution < 1.29 is 4.79 Å². The Morgan fingerprint density at radius 1 is 1.32 bits per heavy atom. The van der Waals surface area contributed by atoms with Gasteiger partial charge in [0.05, 0.1) is 6.54 Å². The molecule has 4 heteroatoms. The number of hydrogen-bond donors (Lipinski definition) is 0. The van der Waals surface area contributed by atoms with E-state index in [1.165, 1.54) is 30.6 Å². The number of carbonyl (C=O) groups is 1. The maximum Gasteiger partial charge on any atom is 0.236 e. The van der Waals surface area contributed by atoms with E-state index in [0.717, 1.165) is 26.2 Å². The molecule has 0 atom stereocenters. The normalized spacial score (nSPS) is 16.6. The molecule has 1 aliphatic heterocycles. The summed E-state index contributed by atoms with van der Waals surface area (Å²) >= 11 is 1.77. The Labute approximate surface area is 120 Å². The average Bonchev–Trinajstić information content (AvgIpc) is 2.77. The van der Waals surface area contributed by atoms with Crippen molar-refractivity contribution >= 4 is 17.2 Å². The standard InChI is InChI=1S/C15H24N2OS/c1-2-16(12-14-8-7-11-19-14)13-15(18)17-9-5-3-4-6-10-17/h7-8,11H,2-6,9-10,12-13H2,1H3. The van der Waals surface area contributed by atoms with Crippen LogP contribution < -0.4 is 0 Å². The molecule has 1 saturated heterocycles. The molecule has 0 radical (unpaired) electrons. The van der Waals surface area contributed by atoms with Crippen molar-refractivity contribution in [2.75, 3.05) is 26.2 Å². The van der Waals surface area contributed by atoms with Crippen LogP contribution in [0.5, 0.6) is 0 Å². The summed E-state index contributed by atoms with van der Waals surface area (Å²) in [6.07, 6.45) is 4.89. The minimum atomic E-state index is 0.306. The SMILES string of the molecule is CCN(CC(=O)N1CCCCCC1)Cc1cccs1. The van der Waals surface area contributed by atoms with Crippen LogP contribution in [0.15, 0.2) is 17.5 Å². The third-order valence-electron chi connectivity index (χ3n) is 3.72. The Hall–Kier alpha value is -0.870. The Morgan fingerprint density at radius 3 is 2.63 bits per heavy atom. The number of rotatable bonds is 5. The second kappa shape index (κ2) is 7.65. The summed E-state index contributed by atoms with van der Waals surface area (Å²) in [5, 5.41) is 2.10. The van der Waals surface area contributed by atoms with Gasteiger partial charge in [-0.15, -0.1) is 11.3 Å². The lowest BCUT2D eigenvalue weighted by atomic mass is 10.2. The fraction of sp³-hybridized carbons (Fsp3) is 0.667. The zero-order valence-corrected chi connectivity index (χ0v) is 12.6. The first-order valence-electron chi connectivity index (χ1n) is 7.32. The van der Waals surface area contributed by atoms with E-state index in [1.54, 1.807) is 11.3 Å². The predicted octanol–water partition coefficient (Wildman–Crippen LogP) is 2.97. The van der Waals surface area contributed by atoms with Gasteiger partial charge in [0.25, 0.3) is 0 Å². The number of nitrogens with zero attached hydrogens (tertiary/aromatic N) is 2. The molecule has 0 bridgehead atoms. The van der Waals surface area contributed by atoms with Gasteiger partial charge in [-0.2, -0.15) is 0 Å². The molecule has 1 amide bonds. The second-order valence-electron chi connectivity index (χ2n) is 5.18. The van der Waals surface area contributed by atoms with Crippen molar-refractivity contribution in [2.45, 2.75) is 39.2 Å². The van der Waals surface area contributed by atoms with E-state index in [1.807, 2.05) is 0 Å². The molecule has 0 N–H and O–H groups in total. The first-order valence-corrected chi connectivity index (χ1v) is 8.20. The largest absolute Gasteiger partial charge is 0.342 e. The fourth-order valence-corrected chi connectivity index (χ4v) is 3.26. The molecule has 0 saturated carbocycles. The molecule has 0 unspecified atom stereocenters. The molecule has 19 heavy (non-hydrogen) atoms. The zero-order valence-electron chi connectivity index (χ0n) is 11.8. The molecule has 1 aromatic heterocycles. The van der Waals surface area contributed by atoms with E-state index in [9.17, 15) is 4.79 Å². The molecule has 0 aromatic carbocycles. The van der Waals surface area contributed by atoms with Gasteiger partial charge in [-0.05, 0) is 30.8 Å². The lowest BCUT2D eigenvalue weighted by molar-refractivity contribution is -0.132. The number of hydrogen-bond acceptors (Lipinski definition) is 3. The highest BCUT2D eigenvalue weighted by molar-refractivity contribution is 7.09. The minimum Gasteiger partial charge on any atom is -0.342 e. The maximum atomic E-state index is 12.3. The topological polar surface area (TPSA) is 23.6 Å².